The molecule has 0 saturated heterocycles. The van der Waals surface area contributed by atoms with E-state index in [-0.39, 0.29) is 11.0 Å². The smallest absolute Gasteiger partial charge is 0.0311 e. The van der Waals surface area contributed by atoms with E-state index < -0.39 is 0 Å². The summed E-state index contributed by atoms with van der Waals surface area (Å²) in [7, 11) is 2.07. The molecule has 1 unspecified atom stereocenters. The van der Waals surface area contributed by atoms with Gasteiger partial charge in [0.1, 0.15) is 0 Å². The van der Waals surface area contributed by atoms with E-state index in [1.54, 1.807) is 0 Å². The highest BCUT2D eigenvalue weighted by atomic mass is 15.2. The third kappa shape index (κ3) is 3.46. The minimum absolute atomic E-state index is 0.191. The predicted octanol–water partition coefficient (Wildman–Crippen LogP) is 2.74. The van der Waals surface area contributed by atoms with Crippen molar-refractivity contribution in [1.29, 1.82) is 0 Å². The molecule has 0 aromatic heterocycles. The standard InChI is InChI=1S/C13H30N2/c1-9-15(10-2)13(6,7)11(14-8)12(3,4)5/h11,14H,9-10H2,1-8H3. The summed E-state index contributed by atoms with van der Waals surface area (Å²) in [4.78, 5) is 2.53. The van der Waals surface area contributed by atoms with E-state index in [2.05, 4.69) is 65.7 Å². The van der Waals surface area contributed by atoms with Crippen molar-refractivity contribution in [3.8, 4) is 0 Å². The minimum Gasteiger partial charge on any atom is -0.315 e. The highest BCUT2D eigenvalue weighted by Gasteiger charge is 2.39. The first-order chi connectivity index (χ1) is 6.71. The van der Waals surface area contributed by atoms with Crippen LogP contribution in [-0.2, 0) is 0 Å². The van der Waals surface area contributed by atoms with E-state index in [1.807, 2.05) is 0 Å². The third-order valence-electron chi connectivity index (χ3n) is 3.44. The number of rotatable bonds is 5. The zero-order valence-corrected chi connectivity index (χ0v) is 11.9. The van der Waals surface area contributed by atoms with Gasteiger partial charge in [0.05, 0.1) is 0 Å². The molecule has 0 aromatic rings. The lowest BCUT2D eigenvalue weighted by Gasteiger charge is -2.48. The molecule has 0 spiro atoms. The van der Waals surface area contributed by atoms with Crippen molar-refractivity contribution in [2.24, 2.45) is 5.41 Å². The lowest BCUT2D eigenvalue weighted by atomic mass is 9.75. The van der Waals surface area contributed by atoms with Crippen LogP contribution in [0.5, 0.6) is 0 Å². The first-order valence-corrected chi connectivity index (χ1v) is 6.14. The van der Waals surface area contributed by atoms with Gasteiger partial charge in [-0.1, -0.05) is 34.6 Å². The van der Waals surface area contributed by atoms with Gasteiger partial charge in [-0.2, -0.15) is 0 Å². The molecule has 2 heteroatoms. The minimum atomic E-state index is 0.191. The Bertz CT molecular complexity index is 175. The summed E-state index contributed by atoms with van der Waals surface area (Å²) in [6.07, 6.45) is 0. The predicted molar refractivity (Wildman–Crippen MR) is 69.3 cm³/mol. The van der Waals surface area contributed by atoms with Crippen LogP contribution in [0, 0.1) is 5.41 Å². The van der Waals surface area contributed by atoms with Crippen LogP contribution in [0.25, 0.3) is 0 Å². The van der Waals surface area contributed by atoms with Crippen LogP contribution in [-0.4, -0.2) is 36.6 Å². The Kier molecular flexibility index (Phi) is 5.28. The maximum Gasteiger partial charge on any atom is 0.0311 e. The molecule has 0 aliphatic rings. The lowest BCUT2D eigenvalue weighted by Crippen LogP contribution is -2.61. The van der Waals surface area contributed by atoms with Crippen LogP contribution < -0.4 is 5.32 Å². The molecule has 0 bridgehead atoms. The van der Waals surface area contributed by atoms with Crippen LogP contribution in [0.15, 0.2) is 0 Å². The molecule has 0 amide bonds. The van der Waals surface area contributed by atoms with Crippen molar-refractivity contribution in [2.75, 3.05) is 20.1 Å². The van der Waals surface area contributed by atoms with Gasteiger partial charge in [-0.15, -0.1) is 0 Å². The molecule has 92 valence electrons. The molecular formula is C13H30N2. The van der Waals surface area contributed by atoms with E-state index >= 15 is 0 Å². The Morgan fingerprint density at radius 1 is 1.00 bits per heavy atom. The van der Waals surface area contributed by atoms with Gasteiger partial charge in [0.25, 0.3) is 0 Å². The molecule has 2 nitrogen and oxygen atoms in total. The summed E-state index contributed by atoms with van der Waals surface area (Å²) < 4.78 is 0. The monoisotopic (exact) mass is 214 g/mol. The average molecular weight is 214 g/mol. The van der Waals surface area contributed by atoms with Crippen LogP contribution >= 0.6 is 0 Å². The topological polar surface area (TPSA) is 15.3 Å². The van der Waals surface area contributed by atoms with E-state index in [0.717, 1.165) is 13.1 Å². The molecule has 1 N–H and O–H groups in total. The molecule has 0 aliphatic carbocycles. The van der Waals surface area contributed by atoms with Crippen molar-refractivity contribution in [1.82, 2.24) is 10.2 Å². The maximum atomic E-state index is 3.49. The van der Waals surface area contributed by atoms with Gasteiger partial charge < -0.3 is 5.32 Å². The number of hydrogen-bond acceptors (Lipinski definition) is 2. The van der Waals surface area contributed by atoms with Crippen molar-refractivity contribution >= 4 is 0 Å². The fourth-order valence-electron chi connectivity index (χ4n) is 3.07. The SMILES string of the molecule is CCN(CC)C(C)(C)C(NC)C(C)(C)C. The maximum absolute atomic E-state index is 3.49. The van der Waals surface area contributed by atoms with Gasteiger partial charge in [0, 0.05) is 11.6 Å². The second kappa shape index (κ2) is 5.31. The largest absolute Gasteiger partial charge is 0.315 e. The van der Waals surface area contributed by atoms with Crippen molar-refractivity contribution in [3.05, 3.63) is 0 Å². The van der Waals surface area contributed by atoms with Crippen LogP contribution in [0.4, 0.5) is 0 Å². The molecule has 0 aliphatic heterocycles. The zero-order valence-electron chi connectivity index (χ0n) is 11.9. The van der Waals surface area contributed by atoms with Crippen LogP contribution in [0.1, 0.15) is 48.5 Å². The Morgan fingerprint density at radius 3 is 1.60 bits per heavy atom. The second-order valence-electron chi connectivity index (χ2n) is 5.91. The fourth-order valence-corrected chi connectivity index (χ4v) is 3.07. The summed E-state index contributed by atoms with van der Waals surface area (Å²) in [5, 5.41) is 3.49. The van der Waals surface area contributed by atoms with Gasteiger partial charge >= 0.3 is 0 Å². The van der Waals surface area contributed by atoms with Gasteiger partial charge in [0.15, 0.2) is 0 Å². The number of likely N-dealkylation sites (N-methyl/N-ethyl adjacent to an activating group) is 2. The zero-order chi connectivity index (χ0) is 12.3. The van der Waals surface area contributed by atoms with Crippen LogP contribution in [0.3, 0.4) is 0 Å². The molecular weight excluding hydrogens is 184 g/mol. The highest BCUT2D eigenvalue weighted by Crippen LogP contribution is 2.31. The summed E-state index contributed by atoms with van der Waals surface area (Å²) in [6, 6.07) is 0.491. The fraction of sp³-hybridized carbons (Fsp3) is 1.00. The average Bonchev–Trinajstić information content (AvgIpc) is 2.03. The quantitative estimate of drug-likeness (QED) is 0.757. The van der Waals surface area contributed by atoms with E-state index in [0.29, 0.717) is 6.04 Å². The second-order valence-corrected chi connectivity index (χ2v) is 5.91. The molecule has 0 fully saturated rings. The molecule has 0 aromatic carbocycles. The van der Waals surface area contributed by atoms with Crippen LogP contribution in [0.2, 0.25) is 0 Å². The Morgan fingerprint density at radius 2 is 1.40 bits per heavy atom. The first kappa shape index (κ1) is 14.9. The molecule has 0 rings (SSSR count). The van der Waals surface area contributed by atoms with Crippen molar-refractivity contribution in [2.45, 2.75) is 60.0 Å². The van der Waals surface area contributed by atoms with Crippen molar-refractivity contribution < 1.29 is 0 Å². The molecule has 1 atom stereocenters. The molecule has 15 heavy (non-hydrogen) atoms. The lowest BCUT2D eigenvalue weighted by molar-refractivity contribution is 0.0462. The highest BCUT2D eigenvalue weighted by molar-refractivity contribution is 4.98. The summed E-state index contributed by atoms with van der Waals surface area (Å²) in [5.74, 6) is 0. The van der Waals surface area contributed by atoms with Gasteiger partial charge in [-0.25, -0.2) is 0 Å². The Hall–Kier alpha value is -0.0800. The molecule has 0 radical (unpaired) electrons. The number of nitrogens with zero attached hydrogens (tertiary/aromatic N) is 1. The van der Waals surface area contributed by atoms with E-state index in [9.17, 15) is 0 Å². The Labute approximate surface area is 96.4 Å². The first-order valence-electron chi connectivity index (χ1n) is 6.14. The third-order valence-corrected chi connectivity index (χ3v) is 3.44. The van der Waals surface area contributed by atoms with Crippen molar-refractivity contribution in [3.63, 3.8) is 0 Å². The Balaban J connectivity index is 4.95. The number of nitrogens with one attached hydrogen (secondary N) is 1. The molecule has 0 heterocycles. The summed E-state index contributed by atoms with van der Waals surface area (Å²) >= 11 is 0. The normalized spacial score (nSPS) is 15.8. The number of hydrogen-bond donors (Lipinski definition) is 1. The van der Waals surface area contributed by atoms with Gasteiger partial charge in [-0.05, 0) is 39.4 Å². The summed E-state index contributed by atoms with van der Waals surface area (Å²) in [5.41, 5.74) is 0.470. The van der Waals surface area contributed by atoms with E-state index in [4.69, 9.17) is 0 Å². The summed E-state index contributed by atoms with van der Waals surface area (Å²) in [6.45, 7) is 18.3. The van der Waals surface area contributed by atoms with E-state index in [1.165, 1.54) is 0 Å². The van der Waals surface area contributed by atoms with Gasteiger partial charge in [-0.3, -0.25) is 4.90 Å². The molecule has 0 saturated carbocycles. The van der Waals surface area contributed by atoms with Gasteiger partial charge in [0.2, 0.25) is 0 Å².